The third-order valence-corrected chi connectivity index (χ3v) is 7.89. The van der Waals surface area contributed by atoms with Crippen LogP contribution in [0.4, 0.5) is 13.6 Å². The van der Waals surface area contributed by atoms with Crippen molar-refractivity contribution in [2.75, 3.05) is 20.3 Å². The van der Waals surface area contributed by atoms with E-state index in [0.717, 1.165) is 24.9 Å². The molecule has 48 heavy (non-hydrogen) atoms. The highest BCUT2D eigenvalue weighted by Gasteiger charge is 2.43. The number of carbonyl (C=O) groups excluding carboxylic acids is 3. The second kappa shape index (κ2) is 14.7. The van der Waals surface area contributed by atoms with Gasteiger partial charge in [0, 0.05) is 12.1 Å². The van der Waals surface area contributed by atoms with E-state index in [1.54, 1.807) is 37.3 Å². The molecule has 1 aliphatic heterocycles. The fraction of sp³-hybridized carbons (Fsp3) is 0.406. The lowest BCUT2D eigenvalue weighted by Gasteiger charge is -2.25. The first-order valence-corrected chi connectivity index (χ1v) is 15.2. The van der Waals surface area contributed by atoms with Crippen LogP contribution >= 0.6 is 0 Å². The van der Waals surface area contributed by atoms with Gasteiger partial charge in [0.05, 0.1) is 25.8 Å². The predicted octanol–water partition coefficient (Wildman–Crippen LogP) is 3.63. The van der Waals surface area contributed by atoms with Gasteiger partial charge in [0.1, 0.15) is 6.04 Å². The normalized spacial score (nSPS) is 18.6. The van der Waals surface area contributed by atoms with Crippen molar-refractivity contribution in [3.05, 3.63) is 65.5 Å². The minimum atomic E-state index is -3.09. The van der Waals surface area contributed by atoms with Crippen LogP contribution in [0.3, 0.4) is 0 Å². The van der Waals surface area contributed by atoms with Crippen molar-refractivity contribution in [1.82, 2.24) is 20.5 Å². The number of alkyl carbamates (subject to hydrolysis) is 1. The summed E-state index contributed by atoms with van der Waals surface area (Å²) in [4.78, 5) is 57.4. The van der Waals surface area contributed by atoms with Gasteiger partial charge in [0.15, 0.2) is 29.0 Å². The molecule has 1 unspecified atom stereocenters. The van der Waals surface area contributed by atoms with Gasteiger partial charge in [0.2, 0.25) is 11.8 Å². The largest absolute Gasteiger partial charge is 0.489 e. The average Bonchev–Trinajstić information content (AvgIpc) is 3.62. The molecule has 14 nitrogen and oxygen atoms in total. The quantitative estimate of drug-likeness (QED) is 0.207. The van der Waals surface area contributed by atoms with Gasteiger partial charge >= 0.3 is 18.7 Å². The third kappa shape index (κ3) is 7.99. The Labute approximate surface area is 273 Å². The Balaban J connectivity index is 1.46. The summed E-state index contributed by atoms with van der Waals surface area (Å²) in [6.07, 6.45) is 1.06. The zero-order valence-electron chi connectivity index (χ0n) is 26.1. The Hall–Kier alpha value is -5.25. The molecular weight excluding hydrogens is 636 g/mol. The molecule has 0 radical (unpaired) electrons. The number of hydrogen-bond acceptors (Lipinski definition) is 10. The molecule has 1 saturated carbocycles. The molecule has 256 valence electrons. The minimum Gasteiger partial charge on any atom is -0.489 e. The van der Waals surface area contributed by atoms with Gasteiger partial charge in [-0.25, -0.2) is 14.6 Å². The molecule has 3 amide bonds. The summed E-state index contributed by atoms with van der Waals surface area (Å²) in [6.45, 7) is -1.39. The second-order valence-corrected chi connectivity index (χ2v) is 11.5. The zero-order chi connectivity index (χ0) is 34.5. The molecule has 0 bridgehead atoms. The van der Waals surface area contributed by atoms with Crippen LogP contribution in [0.1, 0.15) is 60.1 Å². The molecular formula is C32H35F2N5O9. The standard InChI is InChI=1S/C32H35F2N5O9/c1-16(35)26-25(38-28(48-26)19-10-11-22(47-31(33)34)23(12-19)46-15-17-8-9-17)29(41)39-14-20(36-32(44)45-2)13-21(39)27(40)37-24(30(42)43)18-6-4-3-5-7-18/h3-7,10-12,16-17,20-21,24,31H,8-9,13-15,35H2,1-2H3,(H,36,44)(H,37,40)(H,42,43)/t16-,20?,21-,24-/m0/s1. The lowest BCUT2D eigenvalue weighted by Crippen LogP contribution is -2.48. The van der Waals surface area contributed by atoms with Crippen LogP contribution in [0.2, 0.25) is 0 Å². The van der Waals surface area contributed by atoms with Crippen LogP contribution in [0.15, 0.2) is 52.9 Å². The summed E-state index contributed by atoms with van der Waals surface area (Å²) in [5.41, 5.74) is 6.51. The fourth-order valence-electron chi connectivity index (χ4n) is 5.30. The van der Waals surface area contributed by atoms with Crippen LogP contribution in [0.25, 0.3) is 11.5 Å². The fourth-order valence-corrected chi connectivity index (χ4v) is 5.30. The number of methoxy groups -OCH3 is 1. The van der Waals surface area contributed by atoms with Gasteiger partial charge < -0.3 is 45.0 Å². The SMILES string of the molecule is COC(=O)NC1C[C@@H](C(=O)N[C@H](C(=O)O)c2ccccc2)N(C(=O)c2nc(-c3ccc(OC(F)F)c(OCC4CC4)c3)oc2[C@H](C)N)C1. The number of carboxylic acid groups (broad SMARTS) is 1. The summed E-state index contributed by atoms with van der Waals surface area (Å²) >= 11 is 0. The van der Waals surface area contributed by atoms with E-state index in [-0.39, 0.29) is 47.4 Å². The Bertz CT molecular complexity index is 1650. The summed E-state index contributed by atoms with van der Waals surface area (Å²) in [5.74, 6) is -2.83. The van der Waals surface area contributed by atoms with Gasteiger partial charge in [-0.15, -0.1) is 0 Å². The zero-order valence-corrected chi connectivity index (χ0v) is 26.1. The number of nitrogens with two attached hydrogens (primary N) is 1. The lowest BCUT2D eigenvalue weighted by molar-refractivity contribution is -0.142. The first-order valence-electron chi connectivity index (χ1n) is 15.2. The Morgan fingerprint density at radius 3 is 2.48 bits per heavy atom. The molecule has 2 fully saturated rings. The second-order valence-electron chi connectivity index (χ2n) is 11.5. The third-order valence-electron chi connectivity index (χ3n) is 7.89. The van der Waals surface area contributed by atoms with Crippen molar-refractivity contribution in [3.8, 4) is 23.0 Å². The summed E-state index contributed by atoms with van der Waals surface area (Å²) in [5, 5.41) is 14.9. The molecule has 2 aliphatic rings. The summed E-state index contributed by atoms with van der Waals surface area (Å²) < 4.78 is 47.1. The number of nitrogens with one attached hydrogen (secondary N) is 2. The molecule has 3 aromatic rings. The van der Waals surface area contributed by atoms with Crippen molar-refractivity contribution in [2.24, 2.45) is 11.7 Å². The molecule has 1 aromatic heterocycles. The van der Waals surface area contributed by atoms with E-state index in [4.69, 9.17) is 14.9 Å². The van der Waals surface area contributed by atoms with Gasteiger partial charge in [-0.3, -0.25) is 9.59 Å². The van der Waals surface area contributed by atoms with Crippen molar-refractivity contribution in [2.45, 2.75) is 57.0 Å². The number of ether oxygens (including phenoxy) is 3. The van der Waals surface area contributed by atoms with Crippen molar-refractivity contribution in [1.29, 1.82) is 0 Å². The Kier molecular flexibility index (Phi) is 10.4. The highest BCUT2D eigenvalue weighted by Crippen LogP contribution is 2.37. The first-order chi connectivity index (χ1) is 22.9. The van der Waals surface area contributed by atoms with E-state index >= 15 is 0 Å². The topological polar surface area (TPSA) is 196 Å². The smallest absolute Gasteiger partial charge is 0.407 e. The molecule has 1 aliphatic carbocycles. The summed E-state index contributed by atoms with van der Waals surface area (Å²) in [7, 11) is 1.16. The van der Waals surface area contributed by atoms with Crippen LogP contribution in [0, 0.1) is 5.92 Å². The number of oxazole rings is 1. The van der Waals surface area contributed by atoms with Crippen LogP contribution in [-0.4, -0.2) is 77.8 Å². The maximum atomic E-state index is 14.1. The van der Waals surface area contributed by atoms with E-state index in [1.807, 2.05) is 0 Å². The molecule has 2 heterocycles. The van der Waals surface area contributed by atoms with E-state index in [0.29, 0.717) is 18.1 Å². The Morgan fingerprint density at radius 2 is 1.85 bits per heavy atom. The maximum absolute atomic E-state index is 14.1. The summed E-state index contributed by atoms with van der Waals surface area (Å²) in [6, 6.07) is 7.86. The number of carbonyl (C=O) groups is 4. The van der Waals surface area contributed by atoms with Crippen LogP contribution in [-0.2, 0) is 14.3 Å². The number of aliphatic carboxylic acids is 1. The van der Waals surface area contributed by atoms with E-state index in [9.17, 15) is 33.1 Å². The van der Waals surface area contributed by atoms with Crippen molar-refractivity contribution >= 4 is 23.9 Å². The average molecular weight is 672 g/mol. The number of rotatable bonds is 13. The number of carboxylic acids is 1. The molecule has 4 atom stereocenters. The van der Waals surface area contributed by atoms with Gasteiger partial charge in [-0.05, 0) is 55.9 Å². The number of nitrogens with zero attached hydrogens (tertiary/aromatic N) is 2. The van der Waals surface area contributed by atoms with E-state index in [2.05, 4.69) is 25.1 Å². The molecule has 0 spiro atoms. The van der Waals surface area contributed by atoms with Crippen molar-refractivity contribution in [3.63, 3.8) is 0 Å². The molecule has 2 aromatic carbocycles. The monoisotopic (exact) mass is 671 g/mol. The number of benzene rings is 2. The number of hydrogen-bond donors (Lipinski definition) is 4. The predicted molar refractivity (Wildman–Crippen MR) is 163 cm³/mol. The molecule has 16 heteroatoms. The number of aromatic nitrogens is 1. The van der Waals surface area contributed by atoms with Crippen LogP contribution < -0.4 is 25.8 Å². The minimum absolute atomic E-state index is 0.0282. The molecule has 5 rings (SSSR count). The lowest BCUT2D eigenvalue weighted by atomic mass is 10.1. The van der Waals surface area contributed by atoms with Gasteiger partial charge in [0.25, 0.3) is 5.91 Å². The van der Waals surface area contributed by atoms with Crippen LogP contribution in [0.5, 0.6) is 11.5 Å². The molecule has 1 saturated heterocycles. The number of alkyl halides is 2. The van der Waals surface area contributed by atoms with Gasteiger partial charge in [-0.1, -0.05) is 30.3 Å². The highest BCUT2D eigenvalue weighted by molar-refractivity contribution is 5.98. The number of likely N-dealkylation sites (tertiary alicyclic amines) is 1. The Morgan fingerprint density at radius 1 is 1.12 bits per heavy atom. The van der Waals surface area contributed by atoms with Gasteiger partial charge in [-0.2, -0.15) is 8.78 Å². The van der Waals surface area contributed by atoms with Crippen molar-refractivity contribution < 1.29 is 51.7 Å². The highest BCUT2D eigenvalue weighted by atomic mass is 19.3. The molecule has 5 N–H and O–H groups in total. The number of halogens is 2. The number of amides is 3. The van der Waals surface area contributed by atoms with E-state index in [1.165, 1.54) is 18.2 Å². The maximum Gasteiger partial charge on any atom is 0.407 e. The first kappa shape index (κ1) is 34.1. The van der Waals surface area contributed by atoms with E-state index < -0.39 is 54.7 Å².